The summed E-state index contributed by atoms with van der Waals surface area (Å²) in [6, 6.07) is 11.6. The van der Waals surface area contributed by atoms with Crippen molar-refractivity contribution in [3.8, 4) is 0 Å². The fraction of sp³-hybridized carbons (Fsp3) is 0.435. The smallest absolute Gasteiger partial charge is 0.255 e. The topological polar surface area (TPSA) is 104 Å². The molecule has 0 bridgehead atoms. The van der Waals surface area contributed by atoms with Crippen molar-refractivity contribution in [2.24, 2.45) is 5.92 Å². The van der Waals surface area contributed by atoms with Crippen molar-refractivity contribution in [1.82, 2.24) is 8.61 Å². The Hall–Kier alpha value is -2.27. The van der Waals surface area contributed by atoms with Crippen LogP contribution >= 0.6 is 0 Å². The lowest BCUT2D eigenvalue weighted by atomic mass is 10.0. The van der Waals surface area contributed by atoms with Crippen LogP contribution in [0.4, 0.5) is 5.69 Å². The number of hydrogen-bond acceptors (Lipinski definition) is 5. The molecule has 1 unspecified atom stereocenters. The van der Waals surface area contributed by atoms with Crippen LogP contribution in [0.2, 0.25) is 0 Å². The second-order valence-corrected chi connectivity index (χ2v) is 12.7. The van der Waals surface area contributed by atoms with Crippen molar-refractivity contribution in [3.63, 3.8) is 0 Å². The molecular formula is C23H31N3O5S2. The van der Waals surface area contributed by atoms with Crippen LogP contribution in [0.1, 0.15) is 44.0 Å². The van der Waals surface area contributed by atoms with E-state index >= 15 is 0 Å². The van der Waals surface area contributed by atoms with E-state index in [2.05, 4.69) is 5.32 Å². The summed E-state index contributed by atoms with van der Waals surface area (Å²) in [5.41, 5.74) is 0.603. The average Bonchev–Trinajstić information content (AvgIpc) is 2.79. The van der Waals surface area contributed by atoms with E-state index in [0.717, 1.165) is 12.8 Å². The second-order valence-electron chi connectivity index (χ2n) is 8.73. The minimum Gasteiger partial charge on any atom is -0.322 e. The van der Waals surface area contributed by atoms with E-state index in [9.17, 15) is 21.6 Å². The van der Waals surface area contributed by atoms with Gasteiger partial charge in [-0.05, 0) is 75.1 Å². The van der Waals surface area contributed by atoms with Gasteiger partial charge in [-0.2, -0.15) is 8.61 Å². The maximum absolute atomic E-state index is 12.9. The maximum atomic E-state index is 12.9. The molecule has 1 aliphatic heterocycles. The highest BCUT2D eigenvalue weighted by Gasteiger charge is 2.28. The molecule has 1 heterocycles. The van der Waals surface area contributed by atoms with Crippen LogP contribution in [0, 0.1) is 5.92 Å². The van der Waals surface area contributed by atoms with E-state index in [0.29, 0.717) is 24.7 Å². The summed E-state index contributed by atoms with van der Waals surface area (Å²) in [6.45, 7) is 6.59. The number of amides is 1. The van der Waals surface area contributed by atoms with Crippen LogP contribution in [0.5, 0.6) is 0 Å². The molecular weight excluding hydrogens is 462 g/mol. The molecule has 8 nitrogen and oxygen atoms in total. The van der Waals surface area contributed by atoms with Crippen molar-refractivity contribution < 1.29 is 21.6 Å². The molecule has 1 amide bonds. The van der Waals surface area contributed by atoms with Gasteiger partial charge in [0.25, 0.3) is 5.91 Å². The molecule has 10 heteroatoms. The summed E-state index contributed by atoms with van der Waals surface area (Å²) in [4.78, 5) is 12.9. The predicted molar refractivity (Wildman–Crippen MR) is 128 cm³/mol. The third-order valence-electron chi connectivity index (χ3n) is 5.87. The van der Waals surface area contributed by atoms with Crippen molar-refractivity contribution in [1.29, 1.82) is 0 Å². The normalized spacial score (nSPS) is 17.9. The summed E-state index contributed by atoms with van der Waals surface area (Å²) < 4.78 is 54.0. The molecule has 1 N–H and O–H groups in total. The van der Waals surface area contributed by atoms with Gasteiger partial charge in [0.1, 0.15) is 0 Å². The van der Waals surface area contributed by atoms with Gasteiger partial charge in [-0.15, -0.1) is 0 Å². The third kappa shape index (κ3) is 5.63. The Balaban J connectivity index is 1.75. The van der Waals surface area contributed by atoms with Gasteiger partial charge in [-0.1, -0.05) is 13.0 Å². The molecule has 1 atom stereocenters. The van der Waals surface area contributed by atoms with E-state index < -0.39 is 26.0 Å². The quantitative estimate of drug-likeness (QED) is 0.637. The number of hydrogen-bond donors (Lipinski definition) is 1. The lowest BCUT2D eigenvalue weighted by molar-refractivity contribution is 0.102. The summed E-state index contributed by atoms with van der Waals surface area (Å²) >= 11 is 0. The summed E-state index contributed by atoms with van der Waals surface area (Å²) in [5.74, 6) is -0.160. The first-order valence-electron chi connectivity index (χ1n) is 10.9. The summed E-state index contributed by atoms with van der Waals surface area (Å²) in [7, 11) is -5.81. The lowest BCUT2D eigenvalue weighted by Gasteiger charge is -2.30. The van der Waals surface area contributed by atoms with Crippen LogP contribution in [-0.4, -0.2) is 57.5 Å². The first-order valence-corrected chi connectivity index (χ1v) is 13.8. The first kappa shape index (κ1) is 25.4. The van der Waals surface area contributed by atoms with Gasteiger partial charge >= 0.3 is 0 Å². The van der Waals surface area contributed by atoms with Gasteiger partial charge < -0.3 is 5.32 Å². The predicted octanol–water partition coefficient (Wildman–Crippen LogP) is 3.39. The monoisotopic (exact) mass is 493 g/mol. The molecule has 180 valence electrons. The Kier molecular flexibility index (Phi) is 7.62. The van der Waals surface area contributed by atoms with Gasteiger partial charge in [0.15, 0.2) is 0 Å². The maximum Gasteiger partial charge on any atom is 0.255 e. The van der Waals surface area contributed by atoms with E-state index in [1.165, 1.54) is 64.2 Å². The van der Waals surface area contributed by atoms with Gasteiger partial charge in [0.2, 0.25) is 20.0 Å². The van der Waals surface area contributed by atoms with Crippen molar-refractivity contribution in [3.05, 3.63) is 54.1 Å². The van der Waals surface area contributed by atoms with Crippen LogP contribution in [0.25, 0.3) is 0 Å². The molecule has 1 aliphatic rings. The molecule has 0 spiro atoms. The average molecular weight is 494 g/mol. The first-order chi connectivity index (χ1) is 15.4. The number of rotatable bonds is 7. The van der Waals surface area contributed by atoms with E-state index in [-0.39, 0.29) is 21.4 Å². The molecule has 33 heavy (non-hydrogen) atoms. The number of carbonyl (C=O) groups excluding carboxylic acids is 1. The Labute approximate surface area is 196 Å². The minimum atomic E-state index is -3.72. The van der Waals surface area contributed by atoms with Crippen molar-refractivity contribution in [2.75, 3.05) is 25.5 Å². The largest absolute Gasteiger partial charge is 0.322 e. The second kappa shape index (κ2) is 9.92. The Morgan fingerprint density at radius 1 is 1.06 bits per heavy atom. The van der Waals surface area contributed by atoms with E-state index in [1.807, 2.05) is 6.92 Å². The highest BCUT2D eigenvalue weighted by atomic mass is 32.2. The molecule has 0 aromatic heterocycles. The van der Waals surface area contributed by atoms with Crippen molar-refractivity contribution >= 4 is 31.6 Å². The standard InChI is InChI=1S/C23H31N3O5S2/c1-17(2)25(4)32(28,29)22-9-5-8-19(15-22)23(27)24-20-10-12-21(13-11-20)33(30,31)26-14-6-7-18(3)16-26/h5,8-13,15,17-18H,6-7,14,16H2,1-4H3,(H,24,27). The minimum absolute atomic E-state index is 0.0311. The zero-order valence-corrected chi connectivity index (χ0v) is 21.0. The molecule has 0 aliphatic carbocycles. The van der Waals surface area contributed by atoms with Crippen LogP contribution < -0.4 is 5.32 Å². The van der Waals surface area contributed by atoms with Gasteiger partial charge in [-0.3, -0.25) is 4.79 Å². The van der Waals surface area contributed by atoms with Crippen LogP contribution in [0.15, 0.2) is 58.3 Å². The Morgan fingerprint density at radius 3 is 2.33 bits per heavy atom. The van der Waals surface area contributed by atoms with Crippen LogP contribution in [-0.2, 0) is 20.0 Å². The molecule has 1 fully saturated rings. The Bertz CT molecular complexity index is 1210. The molecule has 2 aromatic carbocycles. The van der Waals surface area contributed by atoms with E-state index in [1.54, 1.807) is 13.8 Å². The summed E-state index contributed by atoms with van der Waals surface area (Å²) in [5, 5.41) is 2.70. The van der Waals surface area contributed by atoms with Gasteiger partial charge in [-0.25, -0.2) is 16.8 Å². The molecule has 2 aromatic rings. The number of benzene rings is 2. The fourth-order valence-corrected chi connectivity index (χ4v) is 6.68. The molecule has 3 rings (SSSR count). The third-order valence-corrected chi connectivity index (χ3v) is 9.78. The number of anilines is 1. The van der Waals surface area contributed by atoms with Crippen molar-refractivity contribution in [2.45, 2.75) is 49.4 Å². The number of carbonyl (C=O) groups is 1. The zero-order valence-electron chi connectivity index (χ0n) is 19.4. The highest BCUT2D eigenvalue weighted by Crippen LogP contribution is 2.25. The number of sulfonamides is 2. The van der Waals surface area contributed by atoms with E-state index in [4.69, 9.17) is 0 Å². The number of nitrogens with zero attached hydrogens (tertiary/aromatic N) is 2. The molecule has 1 saturated heterocycles. The SMILES string of the molecule is CC1CCCN(S(=O)(=O)c2ccc(NC(=O)c3cccc(S(=O)(=O)N(C)C(C)C)c3)cc2)C1. The van der Waals surface area contributed by atoms with Gasteiger partial charge in [0.05, 0.1) is 9.79 Å². The number of nitrogens with one attached hydrogen (secondary N) is 1. The molecule has 0 saturated carbocycles. The van der Waals surface area contributed by atoms with Crippen LogP contribution in [0.3, 0.4) is 0 Å². The molecule has 0 radical (unpaired) electrons. The fourth-order valence-electron chi connectivity index (χ4n) is 3.67. The lowest BCUT2D eigenvalue weighted by Crippen LogP contribution is -2.39. The highest BCUT2D eigenvalue weighted by molar-refractivity contribution is 7.89. The van der Waals surface area contributed by atoms with Gasteiger partial charge in [0, 0.05) is 37.4 Å². The Morgan fingerprint density at radius 2 is 1.73 bits per heavy atom. The zero-order chi connectivity index (χ0) is 24.4. The summed E-state index contributed by atoms with van der Waals surface area (Å²) in [6.07, 6.45) is 1.86. The number of piperidine rings is 1.